The number of nitriles is 6. The van der Waals surface area contributed by atoms with Gasteiger partial charge in [-0.1, -0.05) is 0 Å². The Kier molecular flexibility index (Phi) is 6.28. The number of fused-ring (bicyclic) bond motifs is 2. The minimum atomic E-state index is -0.813. The largest absolute Gasteiger partial charge is 0.433 e. The second kappa shape index (κ2) is 10.4. The van der Waals surface area contributed by atoms with Crippen LogP contribution in [-0.4, -0.2) is 19.9 Å². The van der Waals surface area contributed by atoms with Crippen LogP contribution in [0, 0.1) is 73.8 Å². The number of benzene rings is 3. The normalized spacial score (nSPS) is 11.0. The van der Waals surface area contributed by atoms with Crippen LogP contribution in [0.25, 0.3) is 45.6 Å². The zero-order valence-corrected chi connectivity index (χ0v) is 21.7. The predicted molar refractivity (Wildman–Crippen MR) is 143 cm³/mol. The van der Waals surface area contributed by atoms with Gasteiger partial charge in [-0.15, -0.1) is 0 Å². The van der Waals surface area contributed by atoms with Crippen LogP contribution in [0.5, 0.6) is 0 Å². The molecule has 0 N–H and O–H groups in total. The summed E-state index contributed by atoms with van der Waals surface area (Å²) < 4.78 is 20.0. The van der Waals surface area contributed by atoms with E-state index in [2.05, 4.69) is 29.9 Å². The lowest BCUT2D eigenvalue weighted by molar-refractivity contribution is 0.596. The first-order chi connectivity index (χ1) is 21.4. The van der Waals surface area contributed by atoms with Gasteiger partial charge in [-0.3, -0.25) is 0 Å². The van der Waals surface area contributed by atoms with Gasteiger partial charge in [-0.05, 0) is 36.4 Å². The van der Waals surface area contributed by atoms with Crippen LogP contribution >= 0.6 is 0 Å². The van der Waals surface area contributed by atoms with Crippen LogP contribution < -0.4 is 10.7 Å². The molecule has 200 valence electrons. The summed E-state index contributed by atoms with van der Waals surface area (Å²) in [6.45, 7) is 0. The third-order valence-electron chi connectivity index (χ3n) is 6.27. The molecule has 0 saturated carbocycles. The van der Waals surface area contributed by atoms with E-state index in [1.54, 1.807) is 18.2 Å². The highest BCUT2D eigenvalue weighted by molar-refractivity contribution is 5.78. The van der Waals surface area contributed by atoms with E-state index >= 15 is 0 Å². The van der Waals surface area contributed by atoms with Crippen LogP contribution in [0.15, 0.2) is 68.3 Å². The van der Waals surface area contributed by atoms with Crippen molar-refractivity contribution in [3.8, 4) is 70.9 Å². The maximum atomic E-state index is 14.3. The van der Waals surface area contributed by atoms with Gasteiger partial charge in [0.15, 0.2) is 28.6 Å². The molecule has 6 rings (SSSR count). The Morgan fingerprint density at radius 3 is 2.07 bits per heavy atom. The summed E-state index contributed by atoms with van der Waals surface area (Å²) in [5.74, 6) is -1.37. The highest BCUT2D eigenvalue weighted by Gasteiger charge is 2.22. The molecule has 0 fully saturated rings. The first kappa shape index (κ1) is 26.6. The van der Waals surface area contributed by atoms with E-state index in [1.807, 2.05) is 18.2 Å². The van der Waals surface area contributed by atoms with Gasteiger partial charge < -0.3 is 4.42 Å². The van der Waals surface area contributed by atoms with Crippen molar-refractivity contribution in [2.75, 3.05) is 0 Å². The second-order valence-corrected chi connectivity index (χ2v) is 8.87. The Balaban J connectivity index is 1.64. The number of hydrogen-bond donors (Lipinski definition) is 0. The van der Waals surface area contributed by atoms with Crippen molar-refractivity contribution in [3.63, 3.8) is 0 Å². The van der Waals surface area contributed by atoms with Crippen molar-refractivity contribution in [2.24, 2.45) is 9.98 Å². The lowest BCUT2D eigenvalue weighted by Gasteiger charge is -2.08. The summed E-state index contributed by atoms with van der Waals surface area (Å²) in [4.78, 5) is 26.1. The molecule has 0 radical (unpaired) electrons. The Morgan fingerprint density at radius 2 is 1.41 bits per heavy atom. The number of nitrogens with zero attached hydrogens (tertiary/aromatic N) is 12. The number of rotatable bonds is 3. The molecule has 0 saturated heterocycles. The maximum Gasteiger partial charge on any atom is 0.266 e. The number of oxazole rings is 1. The smallest absolute Gasteiger partial charge is 0.266 e. The topological polar surface area (TPSA) is 232 Å². The molecule has 13 nitrogen and oxygen atoms in total. The van der Waals surface area contributed by atoms with Crippen LogP contribution in [0.1, 0.15) is 22.3 Å². The van der Waals surface area contributed by atoms with E-state index in [9.17, 15) is 36.0 Å². The summed E-state index contributed by atoms with van der Waals surface area (Å²) in [5.41, 5.74) is 0.292. The average molecular weight is 570 g/mol. The van der Waals surface area contributed by atoms with Gasteiger partial charge in [-0.25, -0.2) is 34.3 Å². The third kappa shape index (κ3) is 4.38. The lowest BCUT2D eigenvalue weighted by Crippen LogP contribution is -2.25. The first-order valence-electron chi connectivity index (χ1n) is 12.2. The molecular weight excluding hydrogens is 563 g/mol. The second-order valence-electron chi connectivity index (χ2n) is 8.87. The molecule has 0 aliphatic carbocycles. The van der Waals surface area contributed by atoms with E-state index in [-0.39, 0.29) is 90.0 Å². The summed E-state index contributed by atoms with van der Waals surface area (Å²) in [6.07, 6.45) is 0. The predicted octanol–water partition coefficient (Wildman–Crippen LogP) is 3.15. The molecule has 3 heterocycles. The van der Waals surface area contributed by atoms with E-state index in [1.165, 1.54) is 36.4 Å². The minimum absolute atomic E-state index is 0.0130. The Hall–Kier alpha value is -7.65. The van der Waals surface area contributed by atoms with Gasteiger partial charge in [0.1, 0.15) is 41.0 Å². The zero-order chi connectivity index (χ0) is 31.0. The van der Waals surface area contributed by atoms with Crippen molar-refractivity contribution in [1.29, 1.82) is 31.6 Å². The average Bonchev–Trinajstić information content (AvgIpc) is 3.68. The van der Waals surface area contributed by atoms with Gasteiger partial charge in [0.25, 0.3) is 5.89 Å². The molecule has 0 bridgehead atoms. The van der Waals surface area contributed by atoms with Crippen molar-refractivity contribution < 1.29 is 8.81 Å². The quantitative estimate of drug-likeness (QED) is 0.286. The Bertz CT molecular complexity index is 2490. The summed E-state index contributed by atoms with van der Waals surface area (Å²) >= 11 is 0. The van der Waals surface area contributed by atoms with Crippen molar-refractivity contribution in [2.45, 2.75) is 0 Å². The summed E-state index contributed by atoms with van der Waals surface area (Å²) in [7, 11) is 0. The molecule has 3 aromatic carbocycles. The molecule has 0 atom stereocenters. The third-order valence-corrected chi connectivity index (χ3v) is 6.27. The van der Waals surface area contributed by atoms with E-state index < -0.39 is 5.82 Å². The summed E-state index contributed by atoms with van der Waals surface area (Å²) in [5, 5.41) is 57.1. The van der Waals surface area contributed by atoms with Gasteiger partial charge in [-0.2, -0.15) is 31.6 Å². The molecule has 0 amide bonds. The lowest BCUT2D eigenvalue weighted by atomic mass is 10.1. The number of halogens is 1. The Morgan fingerprint density at radius 1 is 0.705 bits per heavy atom. The molecule has 0 spiro atoms. The maximum absolute atomic E-state index is 14.3. The molecule has 44 heavy (non-hydrogen) atoms. The molecule has 1 aliphatic rings. The molecule has 2 aromatic heterocycles. The molecule has 0 unspecified atom stereocenters. The van der Waals surface area contributed by atoms with E-state index in [4.69, 9.17) is 4.42 Å². The minimum Gasteiger partial charge on any atom is -0.433 e. The van der Waals surface area contributed by atoms with Crippen LogP contribution in [0.3, 0.4) is 0 Å². The van der Waals surface area contributed by atoms with Gasteiger partial charge in [0.2, 0.25) is 5.82 Å². The Labute approximate surface area is 244 Å². The van der Waals surface area contributed by atoms with E-state index in [0.29, 0.717) is 0 Å². The number of hydrogen-bond acceptors (Lipinski definition) is 13. The number of allylic oxidation sites excluding steroid dienone is 1. The molecule has 5 aromatic rings. The monoisotopic (exact) mass is 570 g/mol. The first-order valence-corrected chi connectivity index (χ1v) is 12.2. The van der Waals surface area contributed by atoms with Crippen LogP contribution in [0.4, 0.5) is 4.39 Å². The summed E-state index contributed by atoms with van der Waals surface area (Å²) in [6, 6.07) is 20.7. The SMILES string of the molecule is N#CC(C#N)=C1N=c2ccc(-c3nc(-c4cc(C#N)cc(C#N)c4)nc(-c4nc5cc(C#N)c(F)cc5o4)n3)c(C#N)c2=N1. The zero-order valence-electron chi connectivity index (χ0n) is 21.7. The van der Waals surface area contributed by atoms with Gasteiger partial charge >= 0.3 is 0 Å². The van der Waals surface area contributed by atoms with Crippen molar-refractivity contribution >= 4 is 11.1 Å². The van der Waals surface area contributed by atoms with Gasteiger partial charge in [0.05, 0.1) is 39.7 Å². The molecular formula is C30H7FN12O. The van der Waals surface area contributed by atoms with Crippen molar-refractivity contribution in [1.82, 2.24) is 19.9 Å². The highest BCUT2D eigenvalue weighted by Crippen LogP contribution is 2.29. The fraction of sp³-hybridized carbons (Fsp3) is 0. The fourth-order valence-electron chi connectivity index (χ4n) is 4.30. The van der Waals surface area contributed by atoms with Crippen molar-refractivity contribution in [3.05, 3.63) is 92.6 Å². The van der Waals surface area contributed by atoms with Crippen LogP contribution in [-0.2, 0) is 0 Å². The molecule has 14 heteroatoms. The number of aromatic nitrogens is 4. The van der Waals surface area contributed by atoms with Gasteiger partial charge in [0, 0.05) is 17.2 Å². The highest BCUT2D eigenvalue weighted by atomic mass is 19.1. The van der Waals surface area contributed by atoms with E-state index in [0.717, 1.165) is 6.07 Å². The van der Waals surface area contributed by atoms with Crippen LogP contribution in [0.2, 0.25) is 0 Å². The molecule has 1 aliphatic heterocycles. The fourth-order valence-corrected chi connectivity index (χ4v) is 4.30. The standard InChI is InChI=1S/C30H7FN12O/c31-21-7-24-23(6-17(21)10-34)39-30(44-24)29-42-26(16-4-14(8-32)3-15(5-16)9-33)41-28(43-29)19-1-2-22-25(20(19)13-37)40-27(38-22)18(11-35)12-36/h1-7H.